The first-order chi connectivity index (χ1) is 13.5. The van der Waals surface area contributed by atoms with Crippen molar-refractivity contribution in [3.05, 3.63) is 23.8 Å². The van der Waals surface area contributed by atoms with Crippen LogP contribution < -0.4 is 10.6 Å². The molecule has 2 aromatic heterocycles. The van der Waals surface area contributed by atoms with Crippen LogP contribution in [-0.4, -0.2) is 66.8 Å². The number of amides is 2. The molecule has 0 aliphatic heterocycles. The van der Waals surface area contributed by atoms with Crippen LogP contribution >= 0.6 is 0 Å². The molecule has 0 aliphatic carbocycles. The van der Waals surface area contributed by atoms with Gasteiger partial charge in [-0.05, 0) is 7.05 Å². The maximum absolute atomic E-state index is 11.2. The lowest BCUT2D eigenvalue weighted by atomic mass is 10.4. The molecule has 2 rings (SSSR count). The molecule has 2 heterocycles. The number of nitrogens with zero attached hydrogens (tertiary/aromatic N) is 7. The van der Waals surface area contributed by atoms with Crippen molar-refractivity contribution in [3.8, 4) is 0 Å². The van der Waals surface area contributed by atoms with E-state index in [2.05, 4.69) is 36.2 Å². The molecule has 11 heteroatoms. The van der Waals surface area contributed by atoms with Gasteiger partial charge in [0.2, 0.25) is 11.8 Å². The highest BCUT2D eigenvalue weighted by Gasteiger charge is 2.09. The van der Waals surface area contributed by atoms with Crippen LogP contribution in [-0.2, 0) is 35.8 Å². The highest BCUT2D eigenvalue weighted by Crippen LogP contribution is 2.04. The van der Waals surface area contributed by atoms with E-state index in [9.17, 15) is 9.59 Å². The average Bonchev–Trinajstić information content (AvgIpc) is 3.30. The second-order valence-corrected chi connectivity index (χ2v) is 6.53. The monoisotopic (exact) mass is 391 g/mol. The van der Waals surface area contributed by atoms with Gasteiger partial charge in [0.15, 0.2) is 0 Å². The van der Waals surface area contributed by atoms with Gasteiger partial charge in [-0.2, -0.15) is 0 Å². The van der Waals surface area contributed by atoms with Crippen LogP contribution in [0.4, 0.5) is 0 Å². The Morgan fingerprint density at radius 2 is 1.32 bits per heavy atom. The van der Waals surface area contributed by atoms with Crippen molar-refractivity contribution in [2.24, 2.45) is 0 Å². The molecule has 0 saturated carbocycles. The standard InChI is InChI=1S/C17H29N9O2/c1-4-16(27)18-6-8-25-12-14(20-22-25)10-24(3)11-15-13-26(23-21-15)9-7-19-17(28)5-2/h12-13H,4-11H2,1-3H3,(H,18,27)(H,19,28). The molecule has 0 atom stereocenters. The lowest BCUT2D eigenvalue weighted by molar-refractivity contribution is -0.121. The van der Waals surface area contributed by atoms with Gasteiger partial charge in [0, 0.05) is 51.4 Å². The van der Waals surface area contributed by atoms with Crippen molar-refractivity contribution in [2.45, 2.75) is 52.9 Å². The van der Waals surface area contributed by atoms with Crippen LogP contribution in [0.5, 0.6) is 0 Å². The molecule has 0 bridgehead atoms. The normalized spacial score (nSPS) is 11.0. The van der Waals surface area contributed by atoms with Crippen molar-refractivity contribution < 1.29 is 9.59 Å². The second kappa shape index (κ2) is 11.1. The molecule has 154 valence electrons. The van der Waals surface area contributed by atoms with E-state index in [1.165, 1.54) is 0 Å². The van der Waals surface area contributed by atoms with Gasteiger partial charge in [-0.25, -0.2) is 0 Å². The lowest BCUT2D eigenvalue weighted by Crippen LogP contribution is -2.26. The van der Waals surface area contributed by atoms with Gasteiger partial charge in [0.25, 0.3) is 0 Å². The van der Waals surface area contributed by atoms with Crippen LogP contribution in [0.25, 0.3) is 0 Å². The van der Waals surface area contributed by atoms with Gasteiger partial charge in [0.1, 0.15) is 0 Å². The largest absolute Gasteiger partial charge is 0.354 e. The SMILES string of the molecule is CCC(=O)NCCn1cc(CN(C)Cc2cn(CCNC(=O)CC)nn2)nn1. The molecule has 0 aliphatic rings. The van der Waals surface area contributed by atoms with E-state index >= 15 is 0 Å². The average molecular weight is 391 g/mol. The second-order valence-electron chi connectivity index (χ2n) is 6.53. The van der Waals surface area contributed by atoms with Crippen LogP contribution in [0.1, 0.15) is 38.1 Å². The van der Waals surface area contributed by atoms with E-state index in [0.717, 1.165) is 11.4 Å². The third-order valence-corrected chi connectivity index (χ3v) is 4.00. The summed E-state index contributed by atoms with van der Waals surface area (Å²) in [5.74, 6) is 0.0572. The third kappa shape index (κ3) is 7.43. The Kier molecular flexibility index (Phi) is 8.53. The number of rotatable bonds is 12. The Hall–Kier alpha value is -2.82. The van der Waals surface area contributed by atoms with E-state index in [-0.39, 0.29) is 11.8 Å². The summed E-state index contributed by atoms with van der Waals surface area (Å²) in [4.78, 5) is 24.5. The van der Waals surface area contributed by atoms with E-state index in [0.29, 0.717) is 52.1 Å². The van der Waals surface area contributed by atoms with Gasteiger partial charge >= 0.3 is 0 Å². The first kappa shape index (κ1) is 21.5. The molecule has 0 radical (unpaired) electrons. The summed E-state index contributed by atoms with van der Waals surface area (Å²) in [5.41, 5.74) is 1.69. The highest BCUT2D eigenvalue weighted by molar-refractivity contribution is 5.75. The van der Waals surface area contributed by atoms with Crippen molar-refractivity contribution in [2.75, 3.05) is 20.1 Å². The molecule has 28 heavy (non-hydrogen) atoms. The van der Waals surface area contributed by atoms with Crippen LogP contribution in [0.2, 0.25) is 0 Å². The van der Waals surface area contributed by atoms with Crippen LogP contribution in [0.15, 0.2) is 12.4 Å². The summed E-state index contributed by atoms with van der Waals surface area (Å²) >= 11 is 0. The van der Waals surface area contributed by atoms with Crippen molar-refractivity contribution in [1.29, 1.82) is 0 Å². The predicted molar refractivity (Wildman–Crippen MR) is 102 cm³/mol. The molecule has 2 amide bonds. The fourth-order valence-electron chi connectivity index (χ4n) is 2.52. The summed E-state index contributed by atoms with van der Waals surface area (Å²) in [5, 5.41) is 22.1. The maximum Gasteiger partial charge on any atom is 0.219 e. The molecule has 0 fully saturated rings. The van der Waals surface area contributed by atoms with Gasteiger partial charge < -0.3 is 10.6 Å². The summed E-state index contributed by atoms with van der Waals surface area (Å²) < 4.78 is 3.44. The van der Waals surface area contributed by atoms with Gasteiger partial charge in [-0.15, -0.1) is 10.2 Å². The molecule has 0 saturated heterocycles. The van der Waals surface area contributed by atoms with Crippen molar-refractivity contribution in [3.63, 3.8) is 0 Å². The predicted octanol–water partition coefficient (Wildman–Crippen LogP) is -0.446. The van der Waals surface area contributed by atoms with Gasteiger partial charge in [0.05, 0.1) is 24.5 Å². The van der Waals surface area contributed by atoms with E-state index < -0.39 is 0 Å². The summed E-state index contributed by atoms with van der Waals surface area (Å²) in [7, 11) is 1.97. The molecule has 0 aromatic carbocycles. The van der Waals surface area contributed by atoms with E-state index in [4.69, 9.17) is 0 Å². The van der Waals surface area contributed by atoms with Gasteiger partial charge in [-0.3, -0.25) is 23.9 Å². The van der Waals surface area contributed by atoms with Gasteiger partial charge in [-0.1, -0.05) is 24.3 Å². The fourth-order valence-corrected chi connectivity index (χ4v) is 2.52. The molecule has 0 spiro atoms. The molecular weight excluding hydrogens is 362 g/mol. The number of carbonyl (C=O) groups is 2. The number of carbonyl (C=O) groups excluding carboxylic acids is 2. The van der Waals surface area contributed by atoms with E-state index in [1.54, 1.807) is 9.36 Å². The minimum atomic E-state index is 0.0286. The maximum atomic E-state index is 11.2. The summed E-state index contributed by atoms with van der Waals surface area (Å²) in [6.07, 6.45) is 4.71. The molecular formula is C17H29N9O2. The highest BCUT2D eigenvalue weighted by atomic mass is 16.2. The number of aromatic nitrogens is 6. The Bertz CT molecular complexity index is 693. The zero-order valence-electron chi connectivity index (χ0n) is 16.8. The minimum absolute atomic E-state index is 0.0286. The Morgan fingerprint density at radius 3 is 1.71 bits per heavy atom. The number of hydrogen-bond acceptors (Lipinski definition) is 7. The number of nitrogens with one attached hydrogen (secondary N) is 2. The van der Waals surface area contributed by atoms with Crippen LogP contribution in [0, 0.1) is 0 Å². The Labute approximate surface area is 164 Å². The van der Waals surface area contributed by atoms with Crippen LogP contribution in [0.3, 0.4) is 0 Å². The Balaban J connectivity index is 1.73. The van der Waals surface area contributed by atoms with Crippen molar-refractivity contribution in [1.82, 2.24) is 45.5 Å². The third-order valence-electron chi connectivity index (χ3n) is 4.00. The summed E-state index contributed by atoms with van der Waals surface area (Å²) in [6.45, 7) is 7.14. The quantitative estimate of drug-likeness (QED) is 0.502. The van der Waals surface area contributed by atoms with Crippen molar-refractivity contribution >= 4 is 11.8 Å². The summed E-state index contributed by atoms with van der Waals surface area (Å²) in [6, 6.07) is 0. The zero-order valence-corrected chi connectivity index (χ0v) is 16.8. The topological polar surface area (TPSA) is 123 Å². The zero-order chi connectivity index (χ0) is 20.4. The Morgan fingerprint density at radius 1 is 0.893 bits per heavy atom. The molecule has 11 nitrogen and oxygen atoms in total. The first-order valence-electron chi connectivity index (χ1n) is 9.50. The fraction of sp³-hybridized carbons (Fsp3) is 0.647. The smallest absolute Gasteiger partial charge is 0.219 e. The molecule has 2 aromatic rings. The molecule has 0 unspecified atom stereocenters. The minimum Gasteiger partial charge on any atom is -0.354 e. The molecule has 2 N–H and O–H groups in total. The number of hydrogen-bond donors (Lipinski definition) is 2. The van der Waals surface area contributed by atoms with E-state index in [1.807, 2.05) is 33.3 Å². The lowest BCUT2D eigenvalue weighted by Gasteiger charge is -2.12. The first-order valence-corrected chi connectivity index (χ1v) is 9.50.